The van der Waals surface area contributed by atoms with Crippen LogP contribution in [-0.4, -0.2) is 49.5 Å². The number of carbonyl (C=O) groups excluding carboxylic acids is 4. The zero-order chi connectivity index (χ0) is 26.1. The number of nitrogens with zero attached hydrogens (tertiary/aromatic N) is 2. The maximum atomic E-state index is 12.3. The van der Waals surface area contributed by atoms with Crippen LogP contribution in [0.15, 0.2) is 0 Å². The minimum atomic E-state index is -0.570. The van der Waals surface area contributed by atoms with Gasteiger partial charge in [0.05, 0.1) is 25.3 Å². The van der Waals surface area contributed by atoms with E-state index in [0.29, 0.717) is 32.6 Å². The molecule has 0 saturated heterocycles. The maximum absolute atomic E-state index is 12.3. The molecule has 0 bridgehead atoms. The van der Waals surface area contributed by atoms with Crippen molar-refractivity contribution in [3.63, 3.8) is 0 Å². The Labute approximate surface area is 214 Å². The Morgan fingerprint density at radius 3 is 1.49 bits per heavy atom. The number of anilines is 2. The molecule has 0 unspecified atom stereocenters. The number of thioether (sulfide) groups is 1. The first-order valence-corrected chi connectivity index (χ1v) is 12.9. The van der Waals surface area contributed by atoms with Crippen molar-refractivity contribution in [3.8, 4) is 12.1 Å². The van der Waals surface area contributed by atoms with E-state index in [4.69, 9.17) is 9.47 Å². The molecule has 2 heterocycles. The van der Waals surface area contributed by atoms with Gasteiger partial charge in [-0.1, -0.05) is 0 Å². The quantitative estimate of drug-likeness (QED) is 0.341. The molecule has 2 N–H and O–H groups in total. The fourth-order valence-electron chi connectivity index (χ4n) is 2.86. The highest BCUT2D eigenvalue weighted by atomic mass is 32.2. The molecule has 13 heteroatoms. The van der Waals surface area contributed by atoms with Gasteiger partial charge in [-0.25, -0.2) is 9.59 Å². The van der Waals surface area contributed by atoms with E-state index in [0.717, 1.165) is 22.7 Å². The molecule has 2 aromatic rings. The van der Waals surface area contributed by atoms with Crippen LogP contribution in [0.5, 0.6) is 0 Å². The van der Waals surface area contributed by atoms with E-state index in [2.05, 4.69) is 10.6 Å². The van der Waals surface area contributed by atoms with Gasteiger partial charge >= 0.3 is 11.9 Å². The van der Waals surface area contributed by atoms with Crippen LogP contribution in [0.3, 0.4) is 0 Å². The molecular formula is C22H22N4O6S3. The predicted molar refractivity (Wildman–Crippen MR) is 134 cm³/mol. The molecule has 0 fully saturated rings. The van der Waals surface area contributed by atoms with Crippen molar-refractivity contribution in [2.45, 2.75) is 26.7 Å². The van der Waals surface area contributed by atoms with Gasteiger partial charge in [0.1, 0.15) is 31.9 Å². The molecule has 0 aliphatic heterocycles. The number of thiophene rings is 2. The lowest BCUT2D eigenvalue weighted by atomic mass is 10.2. The Hall–Kier alpha value is -3.39. The number of nitriles is 2. The van der Waals surface area contributed by atoms with Crippen LogP contribution in [0.4, 0.5) is 10.0 Å². The first-order valence-electron chi connectivity index (χ1n) is 10.1. The molecule has 35 heavy (non-hydrogen) atoms. The Bertz CT molecular complexity index is 1140. The third-order valence-corrected chi connectivity index (χ3v) is 8.07. The van der Waals surface area contributed by atoms with Gasteiger partial charge in [0.25, 0.3) is 0 Å². The number of nitrogens with one attached hydrogen (secondary N) is 2. The van der Waals surface area contributed by atoms with Crippen LogP contribution in [0, 0.1) is 36.5 Å². The highest BCUT2D eigenvalue weighted by Gasteiger charge is 2.23. The number of hydrogen-bond acceptors (Lipinski definition) is 11. The Morgan fingerprint density at radius 1 is 0.800 bits per heavy atom. The number of esters is 2. The number of hydrogen-bond donors (Lipinski definition) is 2. The summed E-state index contributed by atoms with van der Waals surface area (Å²) in [5.74, 6) is -0.913. The van der Waals surface area contributed by atoms with Gasteiger partial charge < -0.3 is 20.1 Å². The molecule has 0 atom stereocenters. The van der Waals surface area contributed by atoms with Crippen LogP contribution < -0.4 is 10.6 Å². The summed E-state index contributed by atoms with van der Waals surface area (Å²) in [7, 11) is 2.49. The first-order chi connectivity index (χ1) is 16.7. The molecule has 0 saturated carbocycles. The highest BCUT2D eigenvalue weighted by Crippen LogP contribution is 2.34. The standard InChI is InChI=1S/C22H22N4O6S3/c1-11-13(9-23)19(34-17(11)21(29)31-3)25-15(27)5-7-33-8-6-16(28)26-20-14(10-24)12(2)18(35-20)22(30)32-4/h5-8H2,1-4H3,(H,25,27)(H,26,28). The van der Waals surface area contributed by atoms with Crippen LogP contribution in [0.25, 0.3) is 0 Å². The lowest BCUT2D eigenvalue weighted by Gasteiger charge is -2.05. The van der Waals surface area contributed by atoms with Gasteiger partial charge in [0.2, 0.25) is 11.8 Å². The van der Waals surface area contributed by atoms with Crippen molar-refractivity contribution < 1.29 is 28.7 Å². The summed E-state index contributed by atoms with van der Waals surface area (Å²) in [6, 6.07) is 3.99. The predicted octanol–water partition coefficient (Wildman–Crippen LogP) is 3.83. The molecule has 10 nitrogen and oxygen atoms in total. The molecule has 0 spiro atoms. The summed E-state index contributed by atoms with van der Waals surface area (Å²) in [6.07, 6.45) is 0.291. The van der Waals surface area contributed by atoms with Crippen molar-refractivity contribution in [1.82, 2.24) is 0 Å². The normalized spacial score (nSPS) is 10.1. The highest BCUT2D eigenvalue weighted by molar-refractivity contribution is 7.99. The lowest BCUT2D eigenvalue weighted by molar-refractivity contribution is -0.116. The average Bonchev–Trinajstić information content (AvgIpc) is 3.32. The fraction of sp³-hybridized carbons (Fsp3) is 0.364. The zero-order valence-corrected chi connectivity index (χ0v) is 21.8. The van der Waals surface area contributed by atoms with E-state index in [1.165, 1.54) is 26.0 Å². The minimum Gasteiger partial charge on any atom is -0.465 e. The average molecular weight is 535 g/mol. The summed E-state index contributed by atoms with van der Waals surface area (Å²) in [5, 5.41) is 24.6. The monoisotopic (exact) mass is 534 g/mol. The summed E-state index contributed by atoms with van der Waals surface area (Å²) >= 11 is 3.37. The van der Waals surface area contributed by atoms with Gasteiger partial charge in [-0.15, -0.1) is 22.7 Å². The van der Waals surface area contributed by atoms with Crippen molar-refractivity contribution in [2.75, 3.05) is 36.4 Å². The van der Waals surface area contributed by atoms with Crippen molar-refractivity contribution in [2.24, 2.45) is 0 Å². The smallest absolute Gasteiger partial charge is 0.348 e. The fourth-order valence-corrected chi connectivity index (χ4v) is 5.90. The van der Waals surface area contributed by atoms with Gasteiger partial charge in [0, 0.05) is 24.3 Å². The molecule has 0 aliphatic rings. The summed E-state index contributed by atoms with van der Waals surface area (Å²) in [6.45, 7) is 3.23. The molecule has 0 aliphatic carbocycles. The van der Waals surface area contributed by atoms with E-state index in [1.807, 2.05) is 12.1 Å². The molecule has 2 amide bonds. The summed E-state index contributed by atoms with van der Waals surface area (Å²) < 4.78 is 9.39. The van der Waals surface area contributed by atoms with Crippen molar-refractivity contribution in [3.05, 3.63) is 32.0 Å². The molecule has 2 rings (SSSR count). The second kappa shape index (κ2) is 12.9. The van der Waals surface area contributed by atoms with Crippen LogP contribution in [0.2, 0.25) is 0 Å². The van der Waals surface area contributed by atoms with Gasteiger partial charge in [-0.2, -0.15) is 22.3 Å². The van der Waals surface area contributed by atoms with E-state index in [1.54, 1.807) is 13.8 Å². The Balaban J connectivity index is 1.82. The summed E-state index contributed by atoms with van der Waals surface area (Å²) in [4.78, 5) is 48.7. The number of carbonyl (C=O) groups is 4. The number of ether oxygens (including phenoxy) is 2. The molecule has 0 aromatic carbocycles. The number of rotatable bonds is 10. The molecule has 0 radical (unpaired) electrons. The van der Waals surface area contributed by atoms with Gasteiger partial charge in [-0.05, 0) is 25.0 Å². The first kappa shape index (κ1) is 27.9. The zero-order valence-electron chi connectivity index (χ0n) is 19.4. The molecule has 2 aromatic heterocycles. The van der Waals surface area contributed by atoms with E-state index in [9.17, 15) is 29.7 Å². The second-order valence-corrected chi connectivity index (χ2v) is 10.2. The van der Waals surface area contributed by atoms with Crippen LogP contribution >= 0.6 is 34.4 Å². The SMILES string of the molecule is COC(=O)c1sc(NC(=O)CCSCCC(=O)Nc2sc(C(=O)OC)c(C)c2C#N)c(C#N)c1C. The Kier molecular flexibility index (Phi) is 10.3. The minimum absolute atomic E-state index is 0.146. The van der Waals surface area contributed by atoms with Gasteiger partial charge in [-0.3, -0.25) is 9.59 Å². The van der Waals surface area contributed by atoms with Crippen LogP contribution in [0.1, 0.15) is 54.4 Å². The number of amides is 2. The Morgan fingerprint density at radius 2 is 1.17 bits per heavy atom. The summed E-state index contributed by atoms with van der Waals surface area (Å²) in [5.41, 5.74) is 1.37. The molecular weight excluding hydrogens is 512 g/mol. The van der Waals surface area contributed by atoms with Crippen molar-refractivity contribution >= 4 is 68.2 Å². The third-order valence-electron chi connectivity index (χ3n) is 4.71. The second-order valence-electron chi connectivity index (χ2n) is 6.94. The largest absolute Gasteiger partial charge is 0.465 e. The number of methoxy groups -OCH3 is 2. The van der Waals surface area contributed by atoms with E-state index >= 15 is 0 Å². The van der Waals surface area contributed by atoms with Crippen LogP contribution in [-0.2, 0) is 19.1 Å². The lowest BCUT2D eigenvalue weighted by Crippen LogP contribution is -2.14. The third kappa shape index (κ3) is 6.82. The molecule has 184 valence electrons. The topological polar surface area (TPSA) is 158 Å². The van der Waals surface area contributed by atoms with E-state index < -0.39 is 11.9 Å². The van der Waals surface area contributed by atoms with Gasteiger partial charge in [0.15, 0.2) is 0 Å². The maximum Gasteiger partial charge on any atom is 0.348 e. The van der Waals surface area contributed by atoms with Crippen molar-refractivity contribution in [1.29, 1.82) is 10.5 Å². The van der Waals surface area contributed by atoms with E-state index in [-0.39, 0.29) is 45.5 Å².